The standard InChI is InChI=1S/C15H22BrN3O/c16-14-9-15(11-17-10-14)19-5-3-18(4-6-19)12-13-1-7-20-8-2-13/h9-11,13H,1-8,12H2. The van der Waals surface area contributed by atoms with Gasteiger partial charge in [-0.15, -0.1) is 0 Å². The first-order valence-corrected chi connectivity index (χ1v) is 8.26. The van der Waals surface area contributed by atoms with Crippen molar-refractivity contribution >= 4 is 21.6 Å². The predicted molar refractivity (Wildman–Crippen MR) is 84.1 cm³/mol. The first kappa shape index (κ1) is 14.3. The molecule has 20 heavy (non-hydrogen) atoms. The first-order chi connectivity index (χ1) is 9.81. The van der Waals surface area contributed by atoms with E-state index in [1.54, 1.807) is 0 Å². The lowest BCUT2D eigenvalue weighted by Crippen LogP contribution is -2.48. The smallest absolute Gasteiger partial charge is 0.0564 e. The van der Waals surface area contributed by atoms with Crippen molar-refractivity contribution in [3.05, 3.63) is 22.9 Å². The van der Waals surface area contributed by atoms with Crippen LogP contribution in [0.2, 0.25) is 0 Å². The van der Waals surface area contributed by atoms with Crippen molar-refractivity contribution in [2.24, 2.45) is 5.92 Å². The largest absolute Gasteiger partial charge is 0.381 e. The second kappa shape index (κ2) is 6.87. The van der Waals surface area contributed by atoms with Gasteiger partial charge >= 0.3 is 0 Å². The maximum Gasteiger partial charge on any atom is 0.0564 e. The van der Waals surface area contributed by atoms with Gasteiger partial charge in [0.15, 0.2) is 0 Å². The molecule has 1 aromatic rings. The zero-order chi connectivity index (χ0) is 13.8. The Morgan fingerprint density at radius 3 is 2.60 bits per heavy atom. The molecular formula is C15H22BrN3O. The van der Waals surface area contributed by atoms with E-state index in [2.05, 4.69) is 36.8 Å². The third-order valence-corrected chi connectivity index (χ3v) is 4.72. The van der Waals surface area contributed by atoms with Gasteiger partial charge in [0.2, 0.25) is 0 Å². The maximum absolute atomic E-state index is 5.44. The van der Waals surface area contributed by atoms with Gasteiger partial charge in [0.1, 0.15) is 0 Å². The zero-order valence-electron chi connectivity index (χ0n) is 11.8. The van der Waals surface area contributed by atoms with E-state index in [1.807, 2.05) is 12.4 Å². The molecule has 0 spiro atoms. The third-order valence-electron chi connectivity index (χ3n) is 4.29. The second-order valence-corrected chi connectivity index (χ2v) is 6.62. The Kier molecular flexibility index (Phi) is 4.91. The second-order valence-electron chi connectivity index (χ2n) is 5.70. The molecule has 0 saturated carbocycles. The van der Waals surface area contributed by atoms with Crippen molar-refractivity contribution in [3.63, 3.8) is 0 Å². The van der Waals surface area contributed by atoms with Gasteiger partial charge < -0.3 is 9.64 Å². The lowest BCUT2D eigenvalue weighted by atomic mass is 9.99. The fourth-order valence-electron chi connectivity index (χ4n) is 3.06. The van der Waals surface area contributed by atoms with Gasteiger partial charge in [-0.25, -0.2) is 0 Å². The molecule has 0 unspecified atom stereocenters. The van der Waals surface area contributed by atoms with Gasteiger partial charge in [-0.2, -0.15) is 0 Å². The SMILES string of the molecule is Brc1cncc(N2CCN(CC3CCOCC3)CC2)c1. The molecule has 3 rings (SSSR count). The van der Waals surface area contributed by atoms with Gasteiger partial charge in [-0.3, -0.25) is 9.88 Å². The third kappa shape index (κ3) is 3.71. The molecule has 0 amide bonds. The molecule has 2 fully saturated rings. The Morgan fingerprint density at radius 1 is 1.15 bits per heavy atom. The molecular weight excluding hydrogens is 318 g/mol. The van der Waals surface area contributed by atoms with Crippen molar-refractivity contribution in [1.29, 1.82) is 0 Å². The highest BCUT2D eigenvalue weighted by atomic mass is 79.9. The Morgan fingerprint density at radius 2 is 1.90 bits per heavy atom. The van der Waals surface area contributed by atoms with E-state index in [4.69, 9.17) is 4.74 Å². The number of nitrogens with zero attached hydrogens (tertiary/aromatic N) is 3. The molecule has 2 saturated heterocycles. The zero-order valence-corrected chi connectivity index (χ0v) is 13.4. The quantitative estimate of drug-likeness (QED) is 0.845. The highest BCUT2D eigenvalue weighted by molar-refractivity contribution is 9.10. The predicted octanol–water partition coefficient (Wildman–Crippen LogP) is 2.39. The van der Waals surface area contributed by atoms with Crippen molar-refractivity contribution in [3.8, 4) is 0 Å². The molecule has 3 heterocycles. The fourth-order valence-corrected chi connectivity index (χ4v) is 3.41. The van der Waals surface area contributed by atoms with Crippen LogP contribution >= 0.6 is 15.9 Å². The van der Waals surface area contributed by atoms with Crippen LogP contribution in [0.1, 0.15) is 12.8 Å². The van der Waals surface area contributed by atoms with E-state index in [-0.39, 0.29) is 0 Å². The Bertz CT molecular complexity index is 429. The average Bonchev–Trinajstić information content (AvgIpc) is 2.49. The Hall–Kier alpha value is -0.650. The lowest BCUT2D eigenvalue weighted by molar-refractivity contribution is 0.0517. The molecule has 0 radical (unpaired) electrons. The number of aromatic nitrogens is 1. The number of hydrogen-bond donors (Lipinski definition) is 0. The summed E-state index contributed by atoms with van der Waals surface area (Å²) in [4.78, 5) is 9.29. The Labute approximate surface area is 129 Å². The summed E-state index contributed by atoms with van der Waals surface area (Å²) in [7, 11) is 0. The lowest BCUT2D eigenvalue weighted by Gasteiger charge is -2.38. The number of halogens is 1. The van der Waals surface area contributed by atoms with Crippen LogP contribution in [0.3, 0.4) is 0 Å². The summed E-state index contributed by atoms with van der Waals surface area (Å²) < 4.78 is 6.49. The van der Waals surface area contributed by atoms with E-state index in [0.717, 1.165) is 49.8 Å². The van der Waals surface area contributed by atoms with Gasteiger partial charge in [0.05, 0.1) is 11.9 Å². The van der Waals surface area contributed by atoms with Crippen LogP contribution < -0.4 is 4.90 Å². The van der Waals surface area contributed by atoms with Crippen LogP contribution in [0.15, 0.2) is 22.9 Å². The van der Waals surface area contributed by atoms with Crippen molar-refractivity contribution in [2.45, 2.75) is 12.8 Å². The monoisotopic (exact) mass is 339 g/mol. The molecule has 4 nitrogen and oxygen atoms in total. The molecule has 2 aliphatic heterocycles. The molecule has 0 bridgehead atoms. The van der Waals surface area contributed by atoms with Gasteiger partial charge in [0.25, 0.3) is 0 Å². The highest BCUT2D eigenvalue weighted by Gasteiger charge is 2.22. The number of anilines is 1. The number of ether oxygens (including phenoxy) is 1. The molecule has 1 aromatic heterocycles. The molecule has 0 aliphatic carbocycles. The molecule has 0 aromatic carbocycles. The molecule has 5 heteroatoms. The molecule has 0 N–H and O–H groups in total. The minimum Gasteiger partial charge on any atom is -0.381 e. The summed E-state index contributed by atoms with van der Waals surface area (Å²) in [6.07, 6.45) is 6.26. The van der Waals surface area contributed by atoms with Gasteiger partial charge in [-0.05, 0) is 40.8 Å². The van der Waals surface area contributed by atoms with Crippen LogP contribution in [0.5, 0.6) is 0 Å². The van der Waals surface area contributed by atoms with Gasteiger partial charge in [-0.1, -0.05) is 0 Å². The fraction of sp³-hybridized carbons (Fsp3) is 0.667. The number of pyridine rings is 1. The van der Waals surface area contributed by atoms with Crippen molar-refractivity contribution in [2.75, 3.05) is 50.8 Å². The minimum absolute atomic E-state index is 0.836. The van der Waals surface area contributed by atoms with E-state index >= 15 is 0 Å². The average molecular weight is 340 g/mol. The first-order valence-electron chi connectivity index (χ1n) is 7.47. The van der Waals surface area contributed by atoms with Crippen LogP contribution in [0, 0.1) is 5.92 Å². The topological polar surface area (TPSA) is 28.6 Å². The summed E-state index contributed by atoms with van der Waals surface area (Å²) in [5.74, 6) is 0.836. The van der Waals surface area contributed by atoms with E-state index < -0.39 is 0 Å². The van der Waals surface area contributed by atoms with Crippen LogP contribution in [-0.2, 0) is 4.74 Å². The molecule has 110 valence electrons. The highest BCUT2D eigenvalue weighted by Crippen LogP contribution is 2.21. The van der Waals surface area contributed by atoms with Crippen molar-refractivity contribution < 1.29 is 4.74 Å². The summed E-state index contributed by atoms with van der Waals surface area (Å²) in [5.41, 5.74) is 1.23. The summed E-state index contributed by atoms with van der Waals surface area (Å²) in [6, 6.07) is 2.15. The number of rotatable bonds is 3. The Balaban J connectivity index is 1.49. The van der Waals surface area contributed by atoms with Crippen LogP contribution in [0.4, 0.5) is 5.69 Å². The van der Waals surface area contributed by atoms with Gasteiger partial charge in [0, 0.05) is 56.6 Å². The molecule has 0 atom stereocenters. The van der Waals surface area contributed by atoms with Crippen molar-refractivity contribution in [1.82, 2.24) is 9.88 Å². The van der Waals surface area contributed by atoms with Crippen LogP contribution in [0.25, 0.3) is 0 Å². The van der Waals surface area contributed by atoms with Crippen LogP contribution in [-0.4, -0.2) is 55.8 Å². The number of piperazine rings is 1. The van der Waals surface area contributed by atoms with E-state index in [1.165, 1.54) is 25.1 Å². The van der Waals surface area contributed by atoms with E-state index in [0.29, 0.717) is 0 Å². The number of hydrogen-bond acceptors (Lipinski definition) is 4. The maximum atomic E-state index is 5.44. The summed E-state index contributed by atoms with van der Waals surface area (Å²) in [5, 5.41) is 0. The minimum atomic E-state index is 0.836. The summed E-state index contributed by atoms with van der Waals surface area (Å²) in [6.45, 7) is 7.66. The summed E-state index contributed by atoms with van der Waals surface area (Å²) >= 11 is 3.49. The normalized spacial score (nSPS) is 22.1. The molecule has 2 aliphatic rings. The van der Waals surface area contributed by atoms with E-state index in [9.17, 15) is 0 Å².